The van der Waals surface area contributed by atoms with Gasteiger partial charge in [-0.15, -0.1) is 11.3 Å². The molecule has 1 N–H and O–H groups in total. The predicted molar refractivity (Wildman–Crippen MR) is 67.9 cm³/mol. The third-order valence-corrected chi connectivity index (χ3v) is 4.30. The second kappa shape index (κ2) is 4.72. The molecule has 90 valence electrons. The van der Waals surface area contributed by atoms with E-state index in [2.05, 4.69) is 23.7 Å². The lowest BCUT2D eigenvalue weighted by molar-refractivity contribution is 0.195. The van der Waals surface area contributed by atoms with Crippen molar-refractivity contribution in [2.45, 2.75) is 33.3 Å². The lowest BCUT2D eigenvalue weighted by Gasteiger charge is -2.16. The van der Waals surface area contributed by atoms with Crippen molar-refractivity contribution < 1.29 is 5.11 Å². The Kier molecular flexibility index (Phi) is 3.50. The van der Waals surface area contributed by atoms with Gasteiger partial charge in [-0.1, -0.05) is 13.8 Å². The lowest BCUT2D eigenvalue weighted by atomic mass is 9.95. The van der Waals surface area contributed by atoms with Crippen LogP contribution < -0.4 is 4.90 Å². The highest BCUT2D eigenvalue weighted by molar-refractivity contribution is 7.13. The number of rotatable bonds is 3. The Morgan fingerprint density at radius 3 is 2.75 bits per heavy atom. The summed E-state index contributed by atoms with van der Waals surface area (Å²) in [6, 6.07) is 0. The first kappa shape index (κ1) is 11.9. The van der Waals surface area contributed by atoms with Gasteiger partial charge in [0.1, 0.15) is 0 Å². The molecule has 1 aromatic rings. The smallest absolute Gasteiger partial charge is 0.185 e. The molecule has 0 amide bonds. The minimum atomic E-state index is -0.450. The molecule has 4 heteroatoms. The van der Waals surface area contributed by atoms with Crippen molar-refractivity contribution in [1.82, 2.24) is 4.98 Å². The molecule has 0 bridgehead atoms. The molecule has 3 nitrogen and oxygen atoms in total. The molecule has 2 unspecified atom stereocenters. The molecule has 1 aliphatic heterocycles. The Bertz CT molecular complexity index is 349. The summed E-state index contributed by atoms with van der Waals surface area (Å²) >= 11 is 1.64. The Morgan fingerprint density at radius 1 is 1.50 bits per heavy atom. The summed E-state index contributed by atoms with van der Waals surface area (Å²) in [6.45, 7) is 8.56. The van der Waals surface area contributed by atoms with E-state index in [0.717, 1.165) is 35.8 Å². The zero-order chi connectivity index (χ0) is 11.7. The summed E-state index contributed by atoms with van der Waals surface area (Å²) in [4.78, 5) is 6.83. The van der Waals surface area contributed by atoms with Gasteiger partial charge in [0, 0.05) is 18.5 Å². The summed E-state index contributed by atoms with van der Waals surface area (Å²) in [5, 5.41) is 12.5. The van der Waals surface area contributed by atoms with Crippen molar-refractivity contribution in [2.24, 2.45) is 11.8 Å². The van der Waals surface area contributed by atoms with Gasteiger partial charge < -0.3 is 10.0 Å². The van der Waals surface area contributed by atoms with Crippen LogP contribution in [-0.4, -0.2) is 23.2 Å². The molecule has 0 aliphatic carbocycles. The van der Waals surface area contributed by atoms with E-state index in [9.17, 15) is 5.11 Å². The zero-order valence-corrected chi connectivity index (χ0v) is 11.0. The minimum Gasteiger partial charge on any atom is -0.387 e. The molecule has 0 radical (unpaired) electrons. The van der Waals surface area contributed by atoms with Crippen LogP contribution in [0.1, 0.15) is 39.0 Å². The van der Waals surface area contributed by atoms with Crippen molar-refractivity contribution in [3.63, 3.8) is 0 Å². The van der Waals surface area contributed by atoms with E-state index in [4.69, 9.17) is 0 Å². The number of aliphatic hydroxyl groups is 1. The normalized spacial score (nSPS) is 23.1. The van der Waals surface area contributed by atoms with Gasteiger partial charge in [-0.05, 0) is 25.2 Å². The van der Waals surface area contributed by atoms with E-state index in [0.29, 0.717) is 0 Å². The highest BCUT2D eigenvalue weighted by atomic mass is 32.1. The molecule has 16 heavy (non-hydrogen) atoms. The van der Waals surface area contributed by atoms with E-state index in [1.165, 1.54) is 6.42 Å². The van der Waals surface area contributed by atoms with Crippen LogP contribution in [0.4, 0.5) is 5.13 Å². The fourth-order valence-electron chi connectivity index (χ4n) is 2.12. The van der Waals surface area contributed by atoms with Gasteiger partial charge >= 0.3 is 0 Å². The summed E-state index contributed by atoms with van der Waals surface area (Å²) in [6.07, 6.45) is 0.815. The van der Waals surface area contributed by atoms with Crippen molar-refractivity contribution in [3.05, 3.63) is 11.1 Å². The largest absolute Gasteiger partial charge is 0.387 e. The SMILES string of the molecule is CC(O)c1csc(N2CCC(C(C)C)C2)n1. The van der Waals surface area contributed by atoms with Gasteiger partial charge in [0.25, 0.3) is 0 Å². The molecule has 1 fully saturated rings. The van der Waals surface area contributed by atoms with Crippen LogP contribution in [0.5, 0.6) is 0 Å². The summed E-state index contributed by atoms with van der Waals surface area (Å²) in [5.41, 5.74) is 0.799. The number of thiazole rings is 1. The van der Waals surface area contributed by atoms with E-state index in [1.54, 1.807) is 18.3 Å². The van der Waals surface area contributed by atoms with Crippen molar-refractivity contribution in [1.29, 1.82) is 0 Å². The second-order valence-corrected chi connectivity index (χ2v) is 5.81. The van der Waals surface area contributed by atoms with Gasteiger partial charge in [0.2, 0.25) is 0 Å². The van der Waals surface area contributed by atoms with Gasteiger partial charge in [-0.25, -0.2) is 4.98 Å². The lowest BCUT2D eigenvalue weighted by Crippen LogP contribution is -2.21. The number of anilines is 1. The van der Waals surface area contributed by atoms with Gasteiger partial charge in [0.15, 0.2) is 5.13 Å². The van der Waals surface area contributed by atoms with E-state index >= 15 is 0 Å². The van der Waals surface area contributed by atoms with E-state index in [-0.39, 0.29) is 0 Å². The van der Waals surface area contributed by atoms with Crippen molar-refractivity contribution in [2.75, 3.05) is 18.0 Å². The molecular formula is C12H20N2OS. The van der Waals surface area contributed by atoms with Crippen LogP contribution in [0.2, 0.25) is 0 Å². The van der Waals surface area contributed by atoms with Crippen LogP contribution in [0.15, 0.2) is 5.38 Å². The number of hydrogen-bond donors (Lipinski definition) is 1. The molecule has 2 rings (SSSR count). The van der Waals surface area contributed by atoms with E-state index in [1.807, 2.05) is 5.38 Å². The molecule has 0 aromatic carbocycles. The average Bonchev–Trinajstić information content (AvgIpc) is 2.86. The maximum absolute atomic E-state index is 9.45. The van der Waals surface area contributed by atoms with Crippen LogP contribution in [0, 0.1) is 11.8 Å². The standard InChI is InChI=1S/C12H20N2OS/c1-8(2)10-4-5-14(6-10)12-13-11(7-16-12)9(3)15/h7-10,15H,4-6H2,1-3H3. The Balaban J connectivity index is 2.03. The Morgan fingerprint density at radius 2 is 2.25 bits per heavy atom. The minimum absolute atomic E-state index is 0.450. The monoisotopic (exact) mass is 240 g/mol. The fourth-order valence-corrected chi connectivity index (χ4v) is 3.07. The third-order valence-electron chi connectivity index (χ3n) is 3.38. The van der Waals surface area contributed by atoms with Gasteiger partial charge in [0.05, 0.1) is 11.8 Å². The average molecular weight is 240 g/mol. The first-order chi connectivity index (χ1) is 7.58. The predicted octanol–water partition coefficient (Wildman–Crippen LogP) is 2.68. The Hall–Kier alpha value is -0.610. The van der Waals surface area contributed by atoms with Crippen LogP contribution in [-0.2, 0) is 0 Å². The molecule has 1 saturated heterocycles. The molecule has 0 saturated carbocycles. The summed E-state index contributed by atoms with van der Waals surface area (Å²) < 4.78 is 0. The molecule has 2 heterocycles. The van der Waals surface area contributed by atoms with Crippen molar-refractivity contribution >= 4 is 16.5 Å². The summed E-state index contributed by atoms with van der Waals surface area (Å²) in [5.74, 6) is 1.54. The number of aromatic nitrogens is 1. The number of nitrogens with zero attached hydrogens (tertiary/aromatic N) is 2. The van der Waals surface area contributed by atoms with E-state index < -0.39 is 6.10 Å². The first-order valence-corrected chi connectivity index (χ1v) is 6.84. The number of aliphatic hydroxyl groups excluding tert-OH is 1. The zero-order valence-electron chi connectivity index (χ0n) is 10.2. The Labute approximate surface area is 101 Å². The maximum Gasteiger partial charge on any atom is 0.185 e. The third kappa shape index (κ3) is 2.38. The van der Waals surface area contributed by atoms with Crippen LogP contribution in [0.25, 0.3) is 0 Å². The molecule has 1 aromatic heterocycles. The van der Waals surface area contributed by atoms with Gasteiger partial charge in [-0.3, -0.25) is 0 Å². The molecule has 1 aliphatic rings. The quantitative estimate of drug-likeness (QED) is 0.882. The molecule has 2 atom stereocenters. The van der Waals surface area contributed by atoms with Crippen molar-refractivity contribution in [3.8, 4) is 0 Å². The molecule has 0 spiro atoms. The number of hydrogen-bond acceptors (Lipinski definition) is 4. The highest BCUT2D eigenvalue weighted by Crippen LogP contribution is 2.31. The maximum atomic E-state index is 9.45. The van der Waals surface area contributed by atoms with Crippen LogP contribution >= 0.6 is 11.3 Å². The second-order valence-electron chi connectivity index (χ2n) is 4.97. The van der Waals surface area contributed by atoms with Gasteiger partial charge in [-0.2, -0.15) is 0 Å². The fraction of sp³-hybridized carbons (Fsp3) is 0.750. The molecular weight excluding hydrogens is 220 g/mol. The summed E-state index contributed by atoms with van der Waals surface area (Å²) in [7, 11) is 0. The van der Waals surface area contributed by atoms with Crippen LogP contribution in [0.3, 0.4) is 0 Å². The first-order valence-electron chi connectivity index (χ1n) is 5.96. The topological polar surface area (TPSA) is 36.4 Å². The highest BCUT2D eigenvalue weighted by Gasteiger charge is 2.26.